The smallest absolute Gasteiger partial charge is 0.263 e. The van der Waals surface area contributed by atoms with Crippen molar-refractivity contribution in [3.05, 3.63) is 81.7 Å². The lowest BCUT2D eigenvalue weighted by Crippen LogP contribution is -2.43. The lowest BCUT2D eigenvalue weighted by atomic mass is 10.0. The van der Waals surface area contributed by atoms with Gasteiger partial charge in [-0.25, -0.2) is 9.37 Å². The fraction of sp³-hybridized carbons (Fsp3) is 0.304. The molecule has 1 fully saturated rings. The van der Waals surface area contributed by atoms with Crippen LogP contribution in [0.5, 0.6) is 0 Å². The van der Waals surface area contributed by atoms with Crippen LogP contribution in [0.25, 0.3) is 5.65 Å². The van der Waals surface area contributed by atoms with Crippen molar-refractivity contribution in [3.8, 4) is 0 Å². The predicted octanol–water partition coefficient (Wildman–Crippen LogP) is 1.77. The normalized spacial score (nSPS) is 18.5. The minimum Gasteiger partial charge on any atom is -0.337 e. The van der Waals surface area contributed by atoms with Crippen LogP contribution >= 0.6 is 0 Å². The lowest BCUT2D eigenvalue weighted by Gasteiger charge is -2.30. The van der Waals surface area contributed by atoms with E-state index in [4.69, 9.17) is 0 Å². The van der Waals surface area contributed by atoms with Crippen LogP contribution in [0, 0.1) is 11.7 Å². The molecule has 0 saturated carbocycles. The third-order valence-electron chi connectivity index (χ3n) is 6.08. The molecule has 8 heteroatoms. The van der Waals surface area contributed by atoms with E-state index in [9.17, 15) is 18.8 Å². The first-order valence-corrected chi connectivity index (χ1v) is 10.3. The van der Waals surface area contributed by atoms with Gasteiger partial charge >= 0.3 is 0 Å². The van der Waals surface area contributed by atoms with Crippen LogP contribution in [0.1, 0.15) is 23.2 Å². The zero-order valence-electron chi connectivity index (χ0n) is 16.8. The maximum absolute atomic E-state index is 14.0. The topological polar surface area (TPSA) is 75.0 Å². The van der Waals surface area contributed by atoms with Gasteiger partial charge in [0, 0.05) is 44.2 Å². The number of fused-ring (bicyclic) bond motifs is 2. The summed E-state index contributed by atoms with van der Waals surface area (Å²) in [5, 5.41) is 0. The number of carbonyl (C=O) groups is 2. The van der Waals surface area contributed by atoms with E-state index in [1.54, 1.807) is 41.4 Å². The molecule has 0 N–H and O–H groups in total. The molecule has 1 atom stereocenters. The molecule has 0 bridgehead atoms. The van der Waals surface area contributed by atoms with Crippen LogP contribution in [0.4, 0.5) is 4.39 Å². The molecular weight excluding hydrogens is 399 g/mol. The van der Waals surface area contributed by atoms with Crippen LogP contribution in [0.15, 0.2) is 53.5 Å². The molecule has 0 aliphatic carbocycles. The summed E-state index contributed by atoms with van der Waals surface area (Å²) in [5.41, 5.74) is 2.11. The average molecular weight is 420 g/mol. The number of benzene rings is 1. The second kappa shape index (κ2) is 7.61. The number of likely N-dealkylation sites (tertiary alicyclic amines) is 1. The van der Waals surface area contributed by atoms with E-state index in [0.29, 0.717) is 29.7 Å². The number of pyridine rings is 1. The highest BCUT2D eigenvalue weighted by Gasteiger charge is 2.38. The Labute approximate surface area is 177 Å². The van der Waals surface area contributed by atoms with Crippen molar-refractivity contribution in [3.63, 3.8) is 0 Å². The summed E-state index contributed by atoms with van der Waals surface area (Å²) < 4.78 is 15.4. The van der Waals surface area contributed by atoms with Gasteiger partial charge in [-0.2, -0.15) is 0 Å². The zero-order valence-corrected chi connectivity index (χ0v) is 16.8. The molecule has 1 unspecified atom stereocenters. The summed E-state index contributed by atoms with van der Waals surface area (Å²) in [6.07, 6.45) is 2.27. The SMILES string of the molecule is O=C1CC(C(=O)N2CCc3nc4ccccn4c(=O)c3C2)CN1Cc1ccccc1F. The largest absolute Gasteiger partial charge is 0.337 e. The third-order valence-corrected chi connectivity index (χ3v) is 6.08. The number of carbonyl (C=O) groups excluding carboxylic acids is 2. The second-order valence-electron chi connectivity index (χ2n) is 8.05. The van der Waals surface area contributed by atoms with Crippen molar-refractivity contribution < 1.29 is 14.0 Å². The van der Waals surface area contributed by atoms with Crippen molar-refractivity contribution >= 4 is 17.5 Å². The lowest BCUT2D eigenvalue weighted by molar-refractivity contribution is -0.136. The number of hydrogen-bond donors (Lipinski definition) is 0. The highest BCUT2D eigenvalue weighted by atomic mass is 19.1. The second-order valence-corrected chi connectivity index (χ2v) is 8.05. The van der Waals surface area contributed by atoms with Crippen LogP contribution in [-0.2, 0) is 29.1 Å². The summed E-state index contributed by atoms with van der Waals surface area (Å²) in [5.74, 6) is -1.16. The Kier molecular flexibility index (Phi) is 4.77. The van der Waals surface area contributed by atoms with Gasteiger partial charge in [0.1, 0.15) is 11.5 Å². The molecule has 4 heterocycles. The molecule has 1 saturated heterocycles. The van der Waals surface area contributed by atoms with Gasteiger partial charge in [0.2, 0.25) is 11.8 Å². The standard InChI is InChI=1S/C23H21FN4O3/c24-18-6-2-1-5-15(18)12-27-13-16(11-21(27)29)22(30)26-10-8-19-17(14-26)23(31)28-9-4-3-7-20(28)25-19/h1-7,9,16H,8,10-14H2. The number of amides is 2. The maximum Gasteiger partial charge on any atom is 0.263 e. The quantitative estimate of drug-likeness (QED) is 0.647. The van der Waals surface area contributed by atoms with E-state index in [1.807, 2.05) is 6.07 Å². The number of aromatic nitrogens is 2. The van der Waals surface area contributed by atoms with Gasteiger partial charge in [-0.3, -0.25) is 18.8 Å². The fourth-order valence-corrected chi connectivity index (χ4v) is 4.42. The maximum atomic E-state index is 14.0. The van der Waals surface area contributed by atoms with Crippen LogP contribution < -0.4 is 5.56 Å². The van der Waals surface area contributed by atoms with E-state index in [-0.39, 0.29) is 49.2 Å². The molecule has 2 aliphatic heterocycles. The third kappa shape index (κ3) is 3.48. The van der Waals surface area contributed by atoms with Crippen molar-refractivity contribution in [2.45, 2.75) is 25.9 Å². The van der Waals surface area contributed by atoms with E-state index in [0.717, 1.165) is 5.69 Å². The molecule has 3 aromatic rings. The van der Waals surface area contributed by atoms with Gasteiger partial charge in [0.05, 0.1) is 23.7 Å². The van der Waals surface area contributed by atoms with Gasteiger partial charge in [-0.15, -0.1) is 0 Å². The van der Waals surface area contributed by atoms with Crippen LogP contribution in [0.3, 0.4) is 0 Å². The van der Waals surface area contributed by atoms with Crippen molar-refractivity contribution in [1.82, 2.24) is 19.2 Å². The summed E-state index contributed by atoms with van der Waals surface area (Å²) in [6.45, 7) is 1.05. The zero-order chi connectivity index (χ0) is 21.5. The number of halogens is 1. The number of nitrogens with zero attached hydrogens (tertiary/aromatic N) is 4. The molecule has 5 rings (SSSR count). The van der Waals surface area contributed by atoms with E-state index in [1.165, 1.54) is 15.4 Å². The molecular formula is C23H21FN4O3. The Morgan fingerprint density at radius 3 is 2.77 bits per heavy atom. The Morgan fingerprint density at radius 2 is 1.94 bits per heavy atom. The summed E-state index contributed by atoms with van der Waals surface area (Å²) in [6, 6.07) is 11.7. The number of rotatable bonds is 3. The first kappa shape index (κ1) is 19.4. The number of hydrogen-bond acceptors (Lipinski definition) is 4. The Balaban J connectivity index is 1.33. The van der Waals surface area contributed by atoms with Crippen molar-refractivity contribution in [1.29, 1.82) is 0 Å². The van der Waals surface area contributed by atoms with Gasteiger partial charge in [-0.05, 0) is 18.2 Å². The van der Waals surface area contributed by atoms with Crippen LogP contribution in [-0.4, -0.2) is 44.1 Å². The molecule has 2 amide bonds. The van der Waals surface area contributed by atoms with Gasteiger partial charge in [0.15, 0.2) is 0 Å². The minimum atomic E-state index is -0.489. The highest BCUT2D eigenvalue weighted by molar-refractivity contribution is 5.89. The Morgan fingerprint density at radius 1 is 1.13 bits per heavy atom. The van der Waals surface area contributed by atoms with Crippen molar-refractivity contribution in [2.24, 2.45) is 5.92 Å². The van der Waals surface area contributed by atoms with Crippen molar-refractivity contribution in [2.75, 3.05) is 13.1 Å². The summed E-state index contributed by atoms with van der Waals surface area (Å²) >= 11 is 0. The predicted molar refractivity (Wildman–Crippen MR) is 111 cm³/mol. The molecule has 2 aromatic heterocycles. The minimum absolute atomic E-state index is 0.103. The molecule has 158 valence electrons. The molecule has 1 aromatic carbocycles. The molecule has 31 heavy (non-hydrogen) atoms. The molecule has 2 aliphatic rings. The molecule has 0 radical (unpaired) electrons. The average Bonchev–Trinajstić information content (AvgIpc) is 3.15. The van der Waals surface area contributed by atoms with E-state index >= 15 is 0 Å². The summed E-state index contributed by atoms with van der Waals surface area (Å²) in [4.78, 5) is 46.2. The monoisotopic (exact) mass is 420 g/mol. The summed E-state index contributed by atoms with van der Waals surface area (Å²) in [7, 11) is 0. The first-order chi connectivity index (χ1) is 15.0. The van der Waals surface area contributed by atoms with E-state index < -0.39 is 5.92 Å². The van der Waals surface area contributed by atoms with Gasteiger partial charge < -0.3 is 9.80 Å². The fourth-order valence-electron chi connectivity index (χ4n) is 4.42. The Bertz CT molecular complexity index is 1260. The Hall–Kier alpha value is -3.55. The molecule has 0 spiro atoms. The van der Waals surface area contributed by atoms with Crippen LogP contribution in [0.2, 0.25) is 0 Å². The van der Waals surface area contributed by atoms with Gasteiger partial charge in [-0.1, -0.05) is 24.3 Å². The molecule has 7 nitrogen and oxygen atoms in total. The first-order valence-electron chi connectivity index (χ1n) is 10.3. The highest BCUT2D eigenvalue weighted by Crippen LogP contribution is 2.25. The van der Waals surface area contributed by atoms with Gasteiger partial charge in [0.25, 0.3) is 5.56 Å². The van der Waals surface area contributed by atoms with E-state index in [2.05, 4.69) is 4.98 Å².